The van der Waals surface area contributed by atoms with Crippen LogP contribution in [0.25, 0.3) is 0 Å². The average molecular weight is 286 g/mol. The molecule has 0 saturated heterocycles. The van der Waals surface area contributed by atoms with Crippen LogP contribution in [0.4, 0.5) is 0 Å². The number of carboxylic acid groups (broad SMARTS) is 1. The second kappa shape index (κ2) is 8.54. The van der Waals surface area contributed by atoms with Gasteiger partial charge in [0.25, 0.3) is 0 Å². The van der Waals surface area contributed by atoms with Gasteiger partial charge in [0.05, 0.1) is 18.1 Å². The molecule has 0 saturated carbocycles. The zero-order valence-corrected chi connectivity index (χ0v) is 11.7. The molecule has 0 bridgehead atoms. The van der Waals surface area contributed by atoms with E-state index in [1.54, 1.807) is 24.3 Å². The van der Waals surface area contributed by atoms with Gasteiger partial charge >= 0.3 is 5.97 Å². The van der Waals surface area contributed by atoms with Gasteiger partial charge in [-0.2, -0.15) is 5.26 Å². The lowest BCUT2D eigenvalue weighted by atomic mass is 10.0. The highest BCUT2D eigenvalue weighted by molar-refractivity contribution is 5.77. The molecule has 110 valence electrons. The first kappa shape index (κ1) is 16.4. The highest BCUT2D eigenvalue weighted by atomic mass is 16.4. The fraction of sp³-hybridized carbons (Fsp3) is 0.312. The molecule has 0 fully saturated rings. The number of hydrogen-bond acceptors (Lipinski definition) is 3. The van der Waals surface area contributed by atoms with E-state index in [0.29, 0.717) is 18.4 Å². The number of nitriles is 1. The molecule has 0 aliphatic carbocycles. The number of carbonyl (C=O) groups excluding carboxylic acids is 1. The van der Waals surface area contributed by atoms with Gasteiger partial charge in [-0.25, -0.2) is 0 Å². The summed E-state index contributed by atoms with van der Waals surface area (Å²) in [6.07, 6.45) is 2.70. The Hall–Kier alpha value is -2.61. The summed E-state index contributed by atoms with van der Waals surface area (Å²) in [7, 11) is 0. The molecule has 0 radical (unpaired) electrons. The SMILES string of the molecule is C=CCCC(=O)N[C@H](CC(=O)O)Cc1cccc(C#N)c1. The largest absolute Gasteiger partial charge is 0.481 e. The molecule has 2 N–H and O–H groups in total. The van der Waals surface area contributed by atoms with Crippen molar-refractivity contribution in [3.05, 3.63) is 48.0 Å². The van der Waals surface area contributed by atoms with Gasteiger partial charge in [0.1, 0.15) is 0 Å². The summed E-state index contributed by atoms with van der Waals surface area (Å²) in [5.74, 6) is -1.17. The third kappa shape index (κ3) is 6.39. The Morgan fingerprint density at radius 1 is 1.48 bits per heavy atom. The van der Waals surface area contributed by atoms with Crippen LogP contribution in [0.5, 0.6) is 0 Å². The van der Waals surface area contributed by atoms with Crippen LogP contribution in [0.2, 0.25) is 0 Å². The molecule has 1 rings (SSSR count). The fourth-order valence-electron chi connectivity index (χ4n) is 1.97. The van der Waals surface area contributed by atoms with Crippen LogP contribution in [0.1, 0.15) is 30.4 Å². The van der Waals surface area contributed by atoms with Crippen molar-refractivity contribution in [1.29, 1.82) is 5.26 Å². The zero-order valence-electron chi connectivity index (χ0n) is 11.7. The number of carboxylic acids is 1. The van der Waals surface area contributed by atoms with Crippen molar-refractivity contribution in [1.82, 2.24) is 5.32 Å². The summed E-state index contributed by atoms with van der Waals surface area (Å²) in [5.41, 5.74) is 1.34. The summed E-state index contributed by atoms with van der Waals surface area (Å²) in [4.78, 5) is 22.6. The van der Waals surface area contributed by atoms with Crippen LogP contribution in [0.15, 0.2) is 36.9 Å². The van der Waals surface area contributed by atoms with Crippen molar-refractivity contribution in [3.63, 3.8) is 0 Å². The molecule has 0 heterocycles. The van der Waals surface area contributed by atoms with Gasteiger partial charge in [-0.1, -0.05) is 18.2 Å². The van der Waals surface area contributed by atoms with Gasteiger partial charge in [-0.05, 0) is 30.5 Å². The summed E-state index contributed by atoms with van der Waals surface area (Å²) >= 11 is 0. The lowest BCUT2D eigenvalue weighted by Crippen LogP contribution is -2.37. The number of hydrogen-bond donors (Lipinski definition) is 2. The fourth-order valence-corrected chi connectivity index (χ4v) is 1.97. The minimum Gasteiger partial charge on any atom is -0.481 e. The second-order valence-corrected chi connectivity index (χ2v) is 4.71. The maximum absolute atomic E-state index is 11.7. The van der Waals surface area contributed by atoms with Crippen LogP contribution >= 0.6 is 0 Å². The molecule has 5 nitrogen and oxygen atoms in total. The highest BCUT2D eigenvalue weighted by Gasteiger charge is 2.16. The molecular formula is C16H18N2O3. The van der Waals surface area contributed by atoms with Crippen molar-refractivity contribution < 1.29 is 14.7 Å². The van der Waals surface area contributed by atoms with Gasteiger partial charge in [-0.3, -0.25) is 9.59 Å². The first-order valence-electron chi connectivity index (χ1n) is 6.66. The number of benzene rings is 1. The summed E-state index contributed by atoms with van der Waals surface area (Å²) in [6.45, 7) is 3.54. The van der Waals surface area contributed by atoms with E-state index in [1.807, 2.05) is 12.1 Å². The third-order valence-corrected chi connectivity index (χ3v) is 2.90. The molecule has 1 amide bonds. The summed E-state index contributed by atoms with van der Waals surface area (Å²) in [5, 5.41) is 20.5. The quantitative estimate of drug-likeness (QED) is 0.715. The van der Waals surface area contributed by atoms with Crippen molar-refractivity contribution in [3.8, 4) is 6.07 Å². The molecule has 0 aliphatic heterocycles. The molecule has 0 spiro atoms. The van der Waals surface area contributed by atoms with Crippen LogP contribution < -0.4 is 5.32 Å². The zero-order chi connectivity index (χ0) is 15.7. The van der Waals surface area contributed by atoms with Gasteiger partial charge in [0.15, 0.2) is 0 Å². The maximum atomic E-state index is 11.7. The van der Waals surface area contributed by atoms with E-state index in [1.165, 1.54) is 0 Å². The highest BCUT2D eigenvalue weighted by Crippen LogP contribution is 2.09. The standard InChI is InChI=1S/C16H18N2O3/c1-2-3-7-15(19)18-14(10-16(20)21)9-12-5-4-6-13(8-12)11-17/h2,4-6,8,14H,1,3,7,9-10H2,(H,18,19)(H,20,21)/t14-/m0/s1. The summed E-state index contributed by atoms with van der Waals surface area (Å²) in [6, 6.07) is 8.47. The Bertz CT molecular complexity index is 561. The molecule has 21 heavy (non-hydrogen) atoms. The van der Waals surface area contributed by atoms with Crippen LogP contribution in [-0.2, 0) is 16.0 Å². The minimum absolute atomic E-state index is 0.156. The van der Waals surface area contributed by atoms with E-state index in [-0.39, 0.29) is 18.7 Å². The molecule has 0 aliphatic rings. The number of nitrogens with one attached hydrogen (secondary N) is 1. The van der Waals surface area contributed by atoms with Crippen molar-refractivity contribution >= 4 is 11.9 Å². The first-order valence-corrected chi connectivity index (χ1v) is 6.66. The van der Waals surface area contributed by atoms with Gasteiger partial charge in [-0.15, -0.1) is 6.58 Å². The number of amides is 1. The third-order valence-electron chi connectivity index (χ3n) is 2.90. The van der Waals surface area contributed by atoms with E-state index in [0.717, 1.165) is 5.56 Å². The Kier molecular flexibility index (Phi) is 6.69. The van der Waals surface area contributed by atoms with Crippen LogP contribution in [0.3, 0.4) is 0 Å². The smallest absolute Gasteiger partial charge is 0.305 e. The Balaban J connectivity index is 2.73. The number of aliphatic carboxylic acids is 1. The molecule has 1 atom stereocenters. The van der Waals surface area contributed by atoms with E-state index in [4.69, 9.17) is 10.4 Å². The first-order chi connectivity index (χ1) is 10.0. The van der Waals surface area contributed by atoms with Gasteiger partial charge in [0.2, 0.25) is 5.91 Å². The predicted octanol–water partition coefficient (Wildman–Crippen LogP) is 2.03. The Morgan fingerprint density at radius 3 is 2.86 bits per heavy atom. The lowest BCUT2D eigenvalue weighted by molar-refractivity contribution is -0.137. The number of nitrogens with zero attached hydrogens (tertiary/aromatic N) is 1. The summed E-state index contributed by atoms with van der Waals surface area (Å²) < 4.78 is 0. The lowest BCUT2D eigenvalue weighted by Gasteiger charge is -2.17. The van der Waals surface area contributed by atoms with E-state index in [2.05, 4.69) is 11.9 Å². The number of rotatable bonds is 8. The van der Waals surface area contributed by atoms with Crippen LogP contribution in [-0.4, -0.2) is 23.0 Å². The normalized spacial score (nSPS) is 11.2. The van der Waals surface area contributed by atoms with Crippen molar-refractivity contribution in [2.24, 2.45) is 0 Å². The topological polar surface area (TPSA) is 90.2 Å². The monoisotopic (exact) mass is 286 g/mol. The molecule has 5 heteroatoms. The molecule has 0 unspecified atom stereocenters. The van der Waals surface area contributed by atoms with Crippen LogP contribution in [0, 0.1) is 11.3 Å². The van der Waals surface area contributed by atoms with E-state index in [9.17, 15) is 9.59 Å². The van der Waals surface area contributed by atoms with Gasteiger partial charge in [0, 0.05) is 12.5 Å². The molecule has 0 aromatic heterocycles. The van der Waals surface area contributed by atoms with Crippen molar-refractivity contribution in [2.45, 2.75) is 31.7 Å². The number of carbonyl (C=O) groups is 2. The van der Waals surface area contributed by atoms with Gasteiger partial charge < -0.3 is 10.4 Å². The minimum atomic E-state index is -0.972. The van der Waals surface area contributed by atoms with Crippen molar-refractivity contribution in [2.75, 3.05) is 0 Å². The Labute approximate surface area is 123 Å². The second-order valence-electron chi connectivity index (χ2n) is 4.71. The van der Waals surface area contributed by atoms with E-state index < -0.39 is 12.0 Å². The maximum Gasteiger partial charge on any atom is 0.305 e. The molecular weight excluding hydrogens is 268 g/mol. The molecule has 1 aromatic rings. The van der Waals surface area contributed by atoms with E-state index >= 15 is 0 Å². The Morgan fingerprint density at radius 2 is 2.24 bits per heavy atom. The average Bonchev–Trinajstić information content (AvgIpc) is 2.44. The molecule has 1 aromatic carbocycles. The number of allylic oxidation sites excluding steroid dienone is 1. The predicted molar refractivity (Wildman–Crippen MR) is 78.5 cm³/mol.